The number of rotatable bonds is 5. The van der Waals surface area contributed by atoms with Gasteiger partial charge in [0.25, 0.3) is 0 Å². The van der Waals surface area contributed by atoms with Crippen molar-refractivity contribution in [3.63, 3.8) is 0 Å². The Balaban J connectivity index is 1.20. The second-order valence-electron chi connectivity index (χ2n) is 9.35. The third kappa shape index (κ3) is 6.63. The fourth-order valence-electron chi connectivity index (χ4n) is 4.98. The van der Waals surface area contributed by atoms with Gasteiger partial charge in [-0.1, -0.05) is 35.9 Å². The van der Waals surface area contributed by atoms with Crippen molar-refractivity contribution >= 4 is 23.6 Å². The molecule has 2 aliphatic rings. The first-order chi connectivity index (χ1) is 16.3. The van der Waals surface area contributed by atoms with Crippen molar-refractivity contribution < 1.29 is 18.0 Å². The van der Waals surface area contributed by atoms with Gasteiger partial charge in [0, 0.05) is 30.7 Å². The normalized spacial score (nSPS) is 19.1. The molecule has 0 bridgehead atoms. The molecule has 0 N–H and O–H groups in total. The average Bonchev–Trinajstić information content (AvgIpc) is 2.84. The van der Waals surface area contributed by atoms with Crippen molar-refractivity contribution in [1.82, 2.24) is 9.80 Å². The average molecular weight is 491 g/mol. The number of benzene rings is 2. The smallest absolute Gasteiger partial charge is 0.339 e. The van der Waals surface area contributed by atoms with E-state index in [1.54, 1.807) is 11.0 Å². The fourth-order valence-corrected chi connectivity index (χ4v) is 5.10. The molecule has 34 heavy (non-hydrogen) atoms. The van der Waals surface area contributed by atoms with E-state index in [1.807, 2.05) is 12.1 Å². The molecule has 2 aliphatic heterocycles. The zero-order chi connectivity index (χ0) is 24.1. The summed E-state index contributed by atoms with van der Waals surface area (Å²) in [5, 5.41) is 0.775. The van der Waals surface area contributed by atoms with Crippen molar-refractivity contribution in [2.45, 2.75) is 37.8 Å². The maximum absolute atomic E-state index is 12.9. The SMILES string of the molecule is O=C(/C=C/c1cccc(C(F)(F)F)c1)N1CCC(CN2CCC(c3ccc(Cl)cc3)CC2)CC1. The quantitative estimate of drug-likeness (QED) is 0.447. The number of carbonyl (C=O) groups is 1. The summed E-state index contributed by atoms with van der Waals surface area (Å²) in [6.45, 7) is 4.63. The molecule has 4 rings (SSSR count). The van der Waals surface area contributed by atoms with Crippen molar-refractivity contribution in [1.29, 1.82) is 0 Å². The van der Waals surface area contributed by atoms with Crippen LogP contribution in [0, 0.1) is 5.92 Å². The van der Waals surface area contributed by atoms with Crippen LogP contribution in [-0.4, -0.2) is 48.4 Å². The number of amides is 1. The minimum Gasteiger partial charge on any atom is -0.339 e. The molecule has 0 radical (unpaired) electrons. The van der Waals surface area contributed by atoms with E-state index in [4.69, 9.17) is 11.6 Å². The van der Waals surface area contributed by atoms with Crippen LogP contribution in [0.15, 0.2) is 54.6 Å². The van der Waals surface area contributed by atoms with E-state index in [9.17, 15) is 18.0 Å². The van der Waals surface area contributed by atoms with Crippen LogP contribution in [0.5, 0.6) is 0 Å². The second kappa shape index (κ2) is 11.0. The van der Waals surface area contributed by atoms with Crippen molar-refractivity contribution in [2.75, 3.05) is 32.7 Å². The van der Waals surface area contributed by atoms with Gasteiger partial charge in [-0.25, -0.2) is 0 Å². The van der Waals surface area contributed by atoms with Gasteiger partial charge in [0.2, 0.25) is 5.91 Å². The molecule has 3 nitrogen and oxygen atoms in total. The number of likely N-dealkylation sites (tertiary alicyclic amines) is 2. The molecule has 182 valence electrons. The van der Waals surface area contributed by atoms with E-state index in [1.165, 1.54) is 23.8 Å². The second-order valence-corrected chi connectivity index (χ2v) is 9.79. The number of hydrogen-bond donors (Lipinski definition) is 0. The summed E-state index contributed by atoms with van der Waals surface area (Å²) < 4.78 is 38.6. The first-order valence-corrected chi connectivity index (χ1v) is 12.3. The Morgan fingerprint density at radius 1 is 0.971 bits per heavy atom. The van der Waals surface area contributed by atoms with Crippen molar-refractivity contribution in [2.24, 2.45) is 5.92 Å². The molecule has 1 amide bonds. The standard InChI is InChI=1S/C27H30ClF3N2O/c28-25-7-5-22(6-8-25)23-12-14-32(15-13-23)19-21-10-16-33(17-11-21)26(34)9-4-20-2-1-3-24(18-20)27(29,30)31/h1-9,18,21,23H,10-17,19H2/b9-4+. The Labute approximate surface area is 204 Å². The van der Waals surface area contributed by atoms with Crippen LogP contribution in [0.3, 0.4) is 0 Å². The number of nitrogens with zero attached hydrogens (tertiary/aromatic N) is 2. The van der Waals surface area contributed by atoms with E-state index in [0.29, 0.717) is 30.5 Å². The van der Waals surface area contributed by atoms with Gasteiger partial charge in [0.05, 0.1) is 5.56 Å². The zero-order valence-corrected chi connectivity index (χ0v) is 19.9. The molecule has 0 saturated carbocycles. The van der Waals surface area contributed by atoms with Gasteiger partial charge in [-0.2, -0.15) is 13.2 Å². The molecule has 2 aromatic rings. The molecule has 0 aliphatic carbocycles. The van der Waals surface area contributed by atoms with Crippen molar-refractivity contribution in [3.8, 4) is 0 Å². The van der Waals surface area contributed by atoms with Crippen LogP contribution in [0.4, 0.5) is 13.2 Å². The third-order valence-electron chi connectivity index (χ3n) is 7.00. The maximum atomic E-state index is 12.9. The molecule has 0 aromatic heterocycles. The molecule has 2 saturated heterocycles. The van der Waals surface area contributed by atoms with Gasteiger partial charge in [-0.05, 0) is 92.1 Å². The van der Waals surface area contributed by atoms with Crippen molar-refractivity contribution in [3.05, 3.63) is 76.3 Å². The Morgan fingerprint density at radius 3 is 2.29 bits per heavy atom. The van der Waals surface area contributed by atoms with Crippen LogP contribution < -0.4 is 0 Å². The molecule has 0 unspecified atom stereocenters. The van der Waals surface area contributed by atoms with Gasteiger partial charge in [-0.3, -0.25) is 4.79 Å². The molecule has 7 heteroatoms. The molecule has 2 aromatic carbocycles. The first kappa shape index (κ1) is 24.8. The number of carbonyl (C=O) groups excluding carboxylic acids is 1. The predicted octanol–water partition coefficient (Wildman–Crippen LogP) is 6.49. The number of halogens is 4. The van der Waals surface area contributed by atoms with Crippen LogP contribution in [0.2, 0.25) is 5.02 Å². The summed E-state index contributed by atoms with van der Waals surface area (Å²) in [6, 6.07) is 13.2. The summed E-state index contributed by atoms with van der Waals surface area (Å²) in [5.74, 6) is 1.03. The highest BCUT2D eigenvalue weighted by molar-refractivity contribution is 6.30. The third-order valence-corrected chi connectivity index (χ3v) is 7.26. The van der Waals surface area contributed by atoms with E-state index in [-0.39, 0.29) is 5.91 Å². The maximum Gasteiger partial charge on any atom is 0.416 e. The first-order valence-electron chi connectivity index (χ1n) is 11.9. The largest absolute Gasteiger partial charge is 0.416 e. The topological polar surface area (TPSA) is 23.6 Å². The highest BCUT2D eigenvalue weighted by atomic mass is 35.5. The minimum absolute atomic E-state index is 0.139. The van der Waals surface area contributed by atoms with Gasteiger partial charge in [0.1, 0.15) is 0 Å². The van der Waals surface area contributed by atoms with Gasteiger partial charge >= 0.3 is 6.18 Å². The number of hydrogen-bond acceptors (Lipinski definition) is 2. The van der Waals surface area contributed by atoms with E-state index >= 15 is 0 Å². The fraction of sp³-hybridized carbons (Fsp3) is 0.444. The van der Waals surface area contributed by atoms with Crippen LogP contribution in [0.1, 0.15) is 48.3 Å². The lowest BCUT2D eigenvalue weighted by Gasteiger charge is -2.37. The zero-order valence-electron chi connectivity index (χ0n) is 19.1. The Bertz CT molecular complexity index is 990. The number of alkyl halides is 3. The minimum atomic E-state index is -4.39. The number of piperidine rings is 2. The summed E-state index contributed by atoms with van der Waals surface area (Å²) in [6.07, 6.45) is 2.69. The van der Waals surface area contributed by atoms with Crippen LogP contribution in [-0.2, 0) is 11.0 Å². The predicted molar refractivity (Wildman–Crippen MR) is 130 cm³/mol. The highest BCUT2D eigenvalue weighted by Gasteiger charge is 2.30. The molecule has 2 fully saturated rings. The van der Waals surface area contributed by atoms with Crippen LogP contribution in [0.25, 0.3) is 6.08 Å². The van der Waals surface area contributed by atoms with Crippen LogP contribution >= 0.6 is 11.6 Å². The Kier molecular flexibility index (Phi) is 7.99. The molecular formula is C27H30ClF3N2O. The monoisotopic (exact) mass is 490 g/mol. The van der Waals surface area contributed by atoms with Gasteiger partial charge < -0.3 is 9.80 Å². The Hall–Kier alpha value is -2.31. The molecular weight excluding hydrogens is 461 g/mol. The summed E-state index contributed by atoms with van der Waals surface area (Å²) in [7, 11) is 0. The lowest BCUT2D eigenvalue weighted by atomic mass is 9.88. The van der Waals surface area contributed by atoms with Gasteiger partial charge in [0.15, 0.2) is 0 Å². The molecule has 2 heterocycles. The lowest BCUT2D eigenvalue weighted by molar-refractivity contribution is -0.137. The molecule has 0 atom stereocenters. The lowest BCUT2D eigenvalue weighted by Crippen LogP contribution is -2.42. The summed E-state index contributed by atoms with van der Waals surface area (Å²) in [4.78, 5) is 16.9. The summed E-state index contributed by atoms with van der Waals surface area (Å²) in [5.41, 5.74) is 1.04. The summed E-state index contributed by atoms with van der Waals surface area (Å²) >= 11 is 6.00. The van der Waals surface area contributed by atoms with Gasteiger partial charge in [-0.15, -0.1) is 0 Å². The van der Waals surface area contributed by atoms with E-state index in [0.717, 1.165) is 62.5 Å². The highest BCUT2D eigenvalue weighted by Crippen LogP contribution is 2.31. The Morgan fingerprint density at radius 2 is 1.65 bits per heavy atom. The molecule has 0 spiro atoms. The van der Waals surface area contributed by atoms with E-state index < -0.39 is 11.7 Å². The van der Waals surface area contributed by atoms with E-state index in [2.05, 4.69) is 17.0 Å².